The van der Waals surface area contributed by atoms with Crippen LogP contribution in [0.15, 0.2) is 42.5 Å². The van der Waals surface area contributed by atoms with Gasteiger partial charge in [0.05, 0.1) is 6.61 Å². The molecule has 0 unspecified atom stereocenters. The van der Waals surface area contributed by atoms with Crippen LogP contribution >= 0.6 is 0 Å². The van der Waals surface area contributed by atoms with Gasteiger partial charge in [-0.3, -0.25) is 0 Å². The molecule has 0 bridgehead atoms. The van der Waals surface area contributed by atoms with Crippen molar-refractivity contribution in [3.05, 3.63) is 65.4 Å². The summed E-state index contributed by atoms with van der Waals surface area (Å²) in [5.41, 5.74) is 0.759. The Hall–Kier alpha value is -3.29. The zero-order valence-electron chi connectivity index (χ0n) is 13.8. The first-order chi connectivity index (χ1) is 12.6. The maximum atomic E-state index is 13.8. The van der Waals surface area contributed by atoms with Crippen LogP contribution in [0.25, 0.3) is 11.3 Å². The summed E-state index contributed by atoms with van der Waals surface area (Å²) in [6.07, 6.45) is 0. The van der Waals surface area contributed by atoms with E-state index in [1.165, 1.54) is 18.2 Å². The van der Waals surface area contributed by atoms with E-state index in [0.717, 1.165) is 6.07 Å². The molecule has 1 heterocycles. The van der Waals surface area contributed by atoms with Gasteiger partial charge in [-0.05, 0) is 25.1 Å². The molecule has 0 aliphatic heterocycles. The number of nitrogens with one attached hydrogen (secondary N) is 1. The van der Waals surface area contributed by atoms with E-state index >= 15 is 0 Å². The zero-order valence-corrected chi connectivity index (χ0v) is 13.8. The molecule has 3 rings (SSSR count). The van der Waals surface area contributed by atoms with E-state index in [1.807, 2.05) is 0 Å². The lowest BCUT2D eigenvalue weighted by atomic mass is 10.1. The second-order valence-electron chi connectivity index (χ2n) is 5.26. The van der Waals surface area contributed by atoms with Crippen LogP contribution in [-0.2, 0) is 11.3 Å². The Morgan fingerprint density at radius 2 is 1.96 bits per heavy atom. The molecule has 0 amide bonds. The number of nitrogens with zero attached hydrogens (tertiary/aromatic N) is 2. The van der Waals surface area contributed by atoms with E-state index in [0.29, 0.717) is 11.1 Å². The first-order valence-corrected chi connectivity index (χ1v) is 7.84. The van der Waals surface area contributed by atoms with E-state index in [-0.39, 0.29) is 30.4 Å². The van der Waals surface area contributed by atoms with Crippen molar-refractivity contribution in [3.63, 3.8) is 0 Å². The number of H-pyrrole nitrogens is 1. The van der Waals surface area contributed by atoms with Crippen LogP contribution in [0, 0.1) is 11.6 Å². The molecular weight excluding hydrogens is 344 g/mol. The number of hydrogen-bond donors (Lipinski definition) is 1. The van der Waals surface area contributed by atoms with Crippen LogP contribution in [0.2, 0.25) is 0 Å². The zero-order chi connectivity index (χ0) is 18.5. The summed E-state index contributed by atoms with van der Waals surface area (Å²) >= 11 is 0. The number of carbonyl (C=O) groups excluding carboxylic acids is 1. The van der Waals surface area contributed by atoms with Crippen molar-refractivity contribution in [2.75, 3.05) is 6.61 Å². The van der Waals surface area contributed by atoms with Crippen LogP contribution in [0.4, 0.5) is 8.78 Å². The Labute approximate surface area is 147 Å². The summed E-state index contributed by atoms with van der Waals surface area (Å²) in [6.45, 7) is 1.72. The second-order valence-corrected chi connectivity index (χ2v) is 5.26. The van der Waals surface area contributed by atoms with Crippen molar-refractivity contribution >= 4 is 5.97 Å². The van der Waals surface area contributed by atoms with Gasteiger partial charge < -0.3 is 9.47 Å². The largest absolute Gasteiger partial charge is 0.488 e. The van der Waals surface area contributed by atoms with E-state index in [2.05, 4.69) is 15.4 Å². The summed E-state index contributed by atoms with van der Waals surface area (Å²) < 4.78 is 38.0. The number of benzene rings is 2. The van der Waals surface area contributed by atoms with Crippen molar-refractivity contribution in [1.29, 1.82) is 0 Å². The summed E-state index contributed by atoms with van der Waals surface area (Å²) in [5.74, 6) is -1.54. The molecule has 6 nitrogen and oxygen atoms in total. The van der Waals surface area contributed by atoms with Gasteiger partial charge in [-0.25, -0.2) is 13.6 Å². The molecule has 0 saturated heterocycles. The highest BCUT2D eigenvalue weighted by Gasteiger charge is 2.22. The third-order valence-electron chi connectivity index (χ3n) is 3.56. The van der Waals surface area contributed by atoms with Crippen molar-refractivity contribution in [1.82, 2.24) is 15.4 Å². The van der Waals surface area contributed by atoms with Gasteiger partial charge in [-0.1, -0.05) is 18.2 Å². The highest BCUT2D eigenvalue weighted by Crippen LogP contribution is 2.32. The number of hydrogen-bond acceptors (Lipinski definition) is 5. The van der Waals surface area contributed by atoms with Gasteiger partial charge >= 0.3 is 5.97 Å². The summed E-state index contributed by atoms with van der Waals surface area (Å²) in [4.78, 5) is 12.0. The molecule has 0 spiro atoms. The van der Waals surface area contributed by atoms with Crippen molar-refractivity contribution in [3.8, 4) is 17.0 Å². The molecule has 0 radical (unpaired) electrons. The Morgan fingerprint density at radius 1 is 1.15 bits per heavy atom. The van der Waals surface area contributed by atoms with Crippen LogP contribution < -0.4 is 4.74 Å². The van der Waals surface area contributed by atoms with Crippen molar-refractivity contribution in [2.45, 2.75) is 13.5 Å². The molecule has 0 saturated carbocycles. The van der Waals surface area contributed by atoms with Crippen molar-refractivity contribution < 1.29 is 23.0 Å². The highest BCUT2D eigenvalue weighted by molar-refractivity contribution is 5.94. The number of rotatable bonds is 6. The van der Waals surface area contributed by atoms with E-state index in [1.54, 1.807) is 25.1 Å². The van der Waals surface area contributed by atoms with Crippen LogP contribution in [-0.4, -0.2) is 28.0 Å². The first kappa shape index (κ1) is 17.5. The number of carbonyl (C=O) groups is 1. The highest BCUT2D eigenvalue weighted by atomic mass is 19.1. The van der Waals surface area contributed by atoms with Gasteiger partial charge in [0.2, 0.25) is 0 Å². The predicted molar refractivity (Wildman–Crippen MR) is 88.5 cm³/mol. The molecule has 134 valence electrons. The fourth-order valence-corrected chi connectivity index (χ4v) is 2.34. The molecule has 3 aromatic rings. The topological polar surface area (TPSA) is 77.1 Å². The molecule has 2 aromatic carbocycles. The molecule has 1 aromatic heterocycles. The van der Waals surface area contributed by atoms with Gasteiger partial charge in [-0.15, -0.1) is 5.10 Å². The Morgan fingerprint density at radius 3 is 2.73 bits per heavy atom. The van der Waals surface area contributed by atoms with Gasteiger partial charge in [-0.2, -0.15) is 10.3 Å². The lowest BCUT2D eigenvalue weighted by Crippen LogP contribution is -2.07. The molecular formula is C18H15F2N3O3. The quantitative estimate of drug-likeness (QED) is 0.682. The Balaban J connectivity index is 1.93. The number of aromatic nitrogens is 3. The normalized spacial score (nSPS) is 10.6. The van der Waals surface area contributed by atoms with E-state index < -0.39 is 17.6 Å². The van der Waals surface area contributed by atoms with Gasteiger partial charge in [0.1, 0.15) is 29.7 Å². The maximum absolute atomic E-state index is 13.8. The predicted octanol–water partition coefficient (Wildman–Crippen LogP) is 3.51. The number of halogens is 2. The molecule has 0 fully saturated rings. The number of aromatic amines is 1. The van der Waals surface area contributed by atoms with Crippen molar-refractivity contribution in [2.24, 2.45) is 0 Å². The summed E-state index contributed by atoms with van der Waals surface area (Å²) in [7, 11) is 0. The van der Waals surface area contributed by atoms with Gasteiger partial charge in [0.25, 0.3) is 0 Å². The van der Waals surface area contributed by atoms with E-state index in [9.17, 15) is 13.6 Å². The first-order valence-electron chi connectivity index (χ1n) is 7.84. The molecule has 0 atom stereocenters. The van der Waals surface area contributed by atoms with Gasteiger partial charge in [0, 0.05) is 17.2 Å². The molecule has 1 N–H and O–H groups in total. The van der Waals surface area contributed by atoms with Crippen LogP contribution in [0.5, 0.6) is 5.75 Å². The third-order valence-corrected chi connectivity index (χ3v) is 3.56. The molecule has 0 aliphatic rings. The smallest absolute Gasteiger partial charge is 0.361 e. The van der Waals surface area contributed by atoms with Gasteiger partial charge in [0.15, 0.2) is 5.69 Å². The summed E-state index contributed by atoms with van der Waals surface area (Å²) in [6, 6.07) is 9.86. The minimum Gasteiger partial charge on any atom is -0.488 e. The number of esters is 1. The maximum Gasteiger partial charge on any atom is 0.361 e. The average molecular weight is 359 g/mol. The molecule has 26 heavy (non-hydrogen) atoms. The SMILES string of the molecule is CCOC(=O)c1n[nH]nc1-c1ccc(F)cc1OCc1ccccc1F. The third kappa shape index (κ3) is 3.69. The second kappa shape index (κ2) is 7.73. The minimum atomic E-state index is -0.666. The Bertz CT molecular complexity index is 928. The number of ether oxygens (including phenoxy) is 2. The molecule has 0 aliphatic carbocycles. The molecule has 8 heteroatoms. The summed E-state index contributed by atoms with van der Waals surface area (Å²) in [5, 5.41) is 10.1. The lowest BCUT2D eigenvalue weighted by Gasteiger charge is -2.11. The monoisotopic (exact) mass is 359 g/mol. The minimum absolute atomic E-state index is 0.0470. The fraction of sp³-hybridized carbons (Fsp3) is 0.167. The average Bonchev–Trinajstić information content (AvgIpc) is 3.11. The van der Waals surface area contributed by atoms with E-state index in [4.69, 9.17) is 9.47 Å². The standard InChI is InChI=1S/C18H15F2N3O3/c1-2-25-18(24)17-16(21-23-22-17)13-8-7-12(19)9-15(13)26-10-11-5-3-4-6-14(11)20/h3-9H,2,10H2,1H3,(H,21,22,23). The van der Waals surface area contributed by atoms with Crippen LogP contribution in [0.1, 0.15) is 23.0 Å². The lowest BCUT2D eigenvalue weighted by molar-refractivity contribution is 0.0520. The fourth-order valence-electron chi connectivity index (χ4n) is 2.34. The van der Waals surface area contributed by atoms with Crippen LogP contribution in [0.3, 0.4) is 0 Å². The Kier molecular flexibility index (Phi) is 5.21.